The molecule has 0 saturated carbocycles. The van der Waals surface area contributed by atoms with Gasteiger partial charge in [-0.25, -0.2) is 0 Å². The maximum absolute atomic E-state index is 12.0. The van der Waals surface area contributed by atoms with E-state index in [-0.39, 0.29) is 6.42 Å². The molecule has 0 aliphatic heterocycles. The Morgan fingerprint density at radius 2 is 2.05 bits per heavy atom. The van der Waals surface area contributed by atoms with Crippen LogP contribution in [-0.2, 0) is 20.7 Å². The van der Waals surface area contributed by atoms with Gasteiger partial charge >= 0.3 is 5.97 Å². The Kier molecular flexibility index (Phi) is 5.28. The Morgan fingerprint density at radius 1 is 1.32 bits per heavy atom. The molecular formula is C16H14N2O3S. The van der Waals surface area contributed by atoms with Crippen LogP contribution in [0.25, 0.3) is 0 Å². The van der Waals surface area contributed by atoms with Gasteiger partial charge in [-0.15, -0.1) is 0 Å². The van der Waals surface area contributed by atoms with Crippen LogP contribution in [0.4, 0.5) is 5.69 Å². The van der Waals surface area contributed by atoms with Gasteiger partial charge in [0.25, 0.3) is 5.91 Å². The van der Waals surface area contributed by atoms with Crippen molar-refractivity contribution in [3.8, 4) is 6.07 Å². The summed E-state index contributed by atoms with van der Waals surface area (Å²) in [5.74, 6) is -0.857. The third-order valence-electron chi connectivity index (χ3n) is 2.89. The first-order valence-corrected chi connectivity index (χ1v) is 7.54. The number of hydrogen-bond acceptors (Lipinski definition) is 5. The molecule has 1 aromatic carbocycles. The first kappa shape index (κ1) is 15.7. The van der Waals surface area contributed by atoms with Crippen LogP contribution < -0.4 is 5.32 Å². The molecule has 0 bridgehead atoms. The Bertz CT molecular complexity index is 687. The number of anilines is 1. The average molecular weight is 314 g/mol. The lowest BCUT2D eigenvalue weighted by Gasteiger charge is -2.13. The number of nitrogens with one attached hydrogen (secondary N) is 1. The molecule has 0 radical (unpaired) electrons. The van der Waals surface area contributed by atoms with E-state index in [1.54, 1.807) is 24.3 Å². The zero-order chi connectivity index (χ0) is 15.9. The minimum atomic E-state index is -0.887. The second-order valence-electron chi connectivity index (χ2n) is 4.62. The average Bonchev–Trinajstić information content (AvgIpc) is 3.00. The number of carbonyl (C=O) groups is 2. The summed E-state index contributed by atoms with van der Waals surface area (Å²) in [4.78, 5) is 23.7. The number of esters is 1. The number of thiophene rings is 1. The molecule has 0 spiro atoms. The molecule has 0 fully saturated rings. The minimum absolute atomic E-state index is 0.151. The molecule has 22 heavy (non-hydrogen) atoms. The summed E-state index contributed by atoms with van der Waals surface area (Å²) in [6.07, 6.45) is -0.736. The van der Waals surface area contributed by atoms with E-state index >= 15 is 0 Å². The second-order valence-corrected chi connectivity index (χ2v) is 5.40. The Labute approximate surface area is 132 Å². The summed E-state index contributed by atoms with van der Waals surface area (Å²) in [5.41, 5.74) is 1.92. The fraction of sp³-hybridized carbons (Fsp3) is 0.188. The molecule has 0 aliphatic rings. The van der Waals surface area contributed by atoms with Crippen LogP contribution in [0, 0.1) is 11.3 Å². The first-order chi connectivity index (χ1) is 10.6. The molecule has 0 unspecified atom stereocenters. The van der Waals surface area contributed by atoms with Crippen molar-refractivity contribution in [1.29, 1.82) is 5.26 Å². The van der Waals surface area contributed by atoms with E-state index < -0.39 is 18.0 Å². The van der Waals surface area contributed by atoms with Crippen LogP contribution in [0.15, 0.2) is 41.1 Å². The van der Waals surface area contributed by atoms with Gasteiger partial charge in [0.05, 0.1) is 18.1 Å². The van der Waals surface area contributed by atoms with Crippen molar-refractivity contribution in [3.05, 3.63) is 52.2 Å². The van der Waals surface area contributed by atoms with Crippen molar-refractivity contribution in [1.82, 2.24) is 0 Å². The lowest BCUT2D eigenvalue weighted by atomic mass is 10.2. The third-order valence-corrected chi connectivity index (χ3v) is 3.62. The highest BCUT2D eigenvalue weighted by atomic mass is 32.1. The Hall–Kier alpha value is -2.65. The van der Waals surface area contributed by atoms with Crippen LogP contribution in [0.2, 0.25) is 0 Å². The van der Waals surface area contributed by atoms with Crippen LogP contribution in [0.5, 0.6) is 0 Å². The van der Waals surface area contributed by atoms with Gasteiger partial charge in [-0.2, -0.15) is 16.6 Å². The van der Waals surface area contributed by atoms with Crippen molar-refractivity contribution in [3.63, 3.8) is 0 Å². The van der Waals surface area contributed by atoms with Gasteiger partial charge in [0.15, 0.2) is 6.10 Å². The summed E-state index contributed by atoms with van der Waals surface area (Å²) in [6, 6.07) is 10.3. The van der Waals surface area contributed by atoms with Crippen LogP contribution >= 0.6 is 11.3 Å². The summed E-state index contributed by atoms with van der Waals surface area (Å²) >= 11 is 1.50. The lowest BCUT2D eigenvalue weighted by molar-refractivity contribution is -0.152. The predicted octanol–water partition coefficient (Wildman–Crippen LogP) is 2.73. The monoisotopic (exact) mass is 314 g/mol. The summed E-state index contributed by atoms with van der Waals surface area (Å²) in [7, 11) is 0. The molecule has 6 heteroatoms. The van der Waals surface area contributed by atoms with E-state index in [1.807, 2.05) is 22.9 Å². The summed E-state index contributed by atoms with van der Waals surface area (Å²) < 4.78 is 5.10. The first-order valence-electron chi connectivity index (χ1n) is 6.60. The van der Waals surface area contributed by atoms with Gasteiger partial charge in [-0.1, -0.05) is 0 Å². The molecule has 1 aromatic heterocycles. The highest BCUT2D eigenvalue weighted by Gasteiger charge is 2.18. The molecule has 1 atom stereocenters. The largest absolute Gasteiger partial charge is 0.452 e. The number of benzene rings is 1. The number of carbonyl (C=O) groups excluding carboxylic acids is 2. The Balaban J connectivity index is 1.86. The fourth-order valence-corrected chi connectivity index (χ4v) is 2.39. The van der Waals surface area contributed by atoms with Crippen molar-refractivity contribution >= 4 is 28.9 Å². The third kappa shape index (κ3) is 4.43. The zero-order valence-electron chi connectivity index (χ0n) is 11.9. The smallest absolute Gasteiger partial charge is 0.311 e. The Morgan fingerprint density at radius 3 is 2.64 bits per heavy atom. The number of nitriles is 1. The molecule has 0 saturated heterocycles. The van der Waals surface area contributed by atoms with Gasteiger partial charge < -0.3 is 10.1 Å². The molecule has 1 amide bonds. The molecule has 1 N–H and O–H groups in total. The van der Waals surface area contributed by atoms with Gasteiger partial charge in [0.2, 0.25) is 0 Å². The van der Waals surface area contributed by atoms with Gasteiger partial charge in [0.1, 0.15) is 0 Å². The van der Waals surface area contributed by atoms with Gasteiger partial charge in [0, 0.05) is 5.69 Å². The van der Waals surface area contributed by atoms with Crippen LogP contribution in [0.1, 0.15) is 18.1 Å². The zero-order valence-corrected chi connectivity index (χ0v) is 12.7. The molecule has 1 heterocycles. The number of hydrogen-bond donors (Lipinski definition) is 1. The predicted molar refractivity (Wildman–Crippen MR) is 83.4 cm³/mol. The summed E-state index contributed by atoms with van der Waals surface area (Å²) in [5, 5.41) is 15.1. The maximum Gasteiger partial charge on any atom is 0.311 e. The van der Waals surface area contributed by atoms with E-state index in [2.05, 4.69) is 5.32 Å². The summed E-state index contributed by atoms with van der Waals surface area (Å²) in [6.45, 7) is 1.52. The highest BCUT2D eigenvalue weighted by molar-refractivity contribution is 7.07. The van der Waals surface area contributed by atoms with Crippen molar-refractivity contribution in [2.75, 3.05) is 5.32 Å². The normalized spacial score (nSPS) is 11.3. The van der Waals surface area contributed by atoms with Crippen LogP contribution in [-0.4, -0.2) is 18.0 Å². The van der Waals surface area contributed by atoms with Crippen LogP contribution in [0.3, 0.4) is 0 Å². The van der Waals surface area contributed by atoms with Crippen molar-refractivity contribution in [2.45, 2.75) is 19.4 Å². The molecule has 2 rings (SSSR count). The number of amides is 1. The second kappa shape index (κ2) is 7.38. The quantitative estimate of drug-likeness (QED) is 0.861. The standard InChI is InChI=1S/C16H14N2O3S/c1-11(21-15(19)8-13-6-7-22-10-13)16(20)18-14-4-2-12(9-17)3-5-14/h2-7,10-11H,8H2,1H3,(H,18,20)/t11-/m1/s1. The van der Waals surface area contributed by atoms with Crippen molar-refractivity contribution < 1.29 is 14.3 Å². The van der Waals surface area contributed by atoms with E-state index in [4.69, 9.17) is 10.00 Å². The SMILES string of the molecule is C[C@@H](OC(=O)Cc1ccsc1)C(=O)Nc1ccc(C#N)cc1. The topological polar surface area (TPSA) is 79.2 Å². The molecule has 2 aromatic rings. The maximum atomic E-state index is 12.0. The van der Waals surface area contributed by atoms with Gasteiger partial charge in [-0.05, 0) is 53.6 Å². The number of ether oxygens (including phenoxy) is 1. The minimum Gasteiger partial charge on any atom is -0.452 e. The molecule has 112 valence electrons. The fourth-order valence-electron chi connectivity index (χ4n) is 1.72. The highest BCUT2D eigenvalue weighted by Crippen LogP contribution is 2.11. The number of nitrogens with zero attached hydrogens (tertiary/aromatic N) is 1. The van der Waals surface area contributed by atoms with E-state index in [9.17, 15) is 9.59 Å². The van der Waals surface area contributed by atoms with Gasteiger partial charge in [-0.3, -0.25) is 9.59 Å². The number of rotatable bonds is 5. The van der Waals surface area contributed by atoms with E-state index in [0.717, 1.165) is 5.56 Å². The molecule has 5 nitrogen and oxygen atoms in total. The molecule has 0 aliphatic carbocycles. The van der Waals surface area contributed by atoms with E-state index in [1.165, 1.54) is 18.3 Å². The van der Waals surface area contributed by atoms with Crippen molar-refractivity contribution in [2.24, 2.45) is 0 Å². The molecular weight excluding hydrogens is 300 g/mol. The van der Waals surface area contributed by atoms with E-state index in [0.29, 0.717) is 11.3 Å². The lowest BCUT2D eigenvalue weighted by Crippen LogP contribution is -2.30.